The molecule has 5 aromatic carbocycles. The first-order valence-electron chi connectivity index (χ1n) is 15.0. The topological polar surface area (TPSA) is 234 Å². The van der Waals surface area contributed by atoms with Crippen LogP contribution in [0.15, 0.2) is 84.9 Å². The Bertz CT molecular complexity index is 2330. The maximum Gasteiger partial charge on any atom is 0.300 e. The van der Waals surface area contributed by atoms with E-state index in [4.69, 9.17) is 22.2 Å². The fourth-order valence-electron chi connectivity index (χ4n) is 6.66. The Morgan fingerprint density at radius 3 is 1.98 bits per heavy atom. The van der Waals surface area contributed by atoms with Crippen LogP contribution < -0.4 is 11.2 Å². The van der Waals surface area contributed by atoms with Gasteiger partial charge >= 0.3 is 5.69 Å². The molecule has 0 bridgehead atoms. The summed E-state index contributed by atoms with van der Waals surface area (Å²) in [5.41, 5.74) is 6.14. The second kappa shape index (κ2) is 12.4. The number of carbonyl (C=O) groups excluding carboxylic acids is 3. The number of nitro groups is 3. The van der Waals surface area contributed by atoms with Crippen molar-refractivity contribution in [2.24, 2.45) is 11.7 Å². The Labute approximate surface area is 290 Å². The SMILES string of the molecule is NC(=O)c1ccc(CN2OC3C(=O)N(Nc4ccc([N+](=O)[O-])cc4[N+](=O)[O-])C(=O)C3C2c2c3ccccc3c(Cl)c3ccccc23)c([N+](=O)[O-])c1. The number of carbonyl (C=O) groups is 3. The highest BCUT2D eigenvalue weighted by Crippen LogP contribution is 2.51. The Morgan fingerprint density at radius 1 is 0.804 bits per heavy atom. The van der Waals surface area contributed by atoms with Gasteiger partial charge in [-0.25, -0.2) is 0 Å². The number of nitrogens with zero attached hydrogens (tertiary/aromatic N) is 5. The first-order chi connectivity index (χ1) is 24.4. The highest BCUT2D eigenvalue weighted by molar-refractivity contribution is 6.41. The van der Waals surface area contributed by atoms with E-state index in [1.807, 2.05) is 0 Å². The number of anilines is 1. The van der Waals surface area contributed by atoms with Crippen LogP contribution in [0.5, 0.6) is 0 Å². The largest absolute Gasteiger partial charge is 0.366 e. The van der Waals surface area contributed by atoms with Gasteiger partial charge < -0.3 is 5.73 Å². The Morgan fingerprint density at radius 2 is 1.41 bits per heavy atom. The zero-order valence-corrected chi connectivity index (χ0v) is 26.6. The van der Waals surface area contributed by atoms with Crippen molar-refractivity contribution < 1.29 is 34.0 Å². The van der Waals surface area contributed by atoms with Gasteiger partial charge in [-0.3, -0.25) is 55.0 Å². The summed E-state index contributed by atoms with van der Waals surface area (Å²) in [5, 5.41) is 39.9. The quantitative estimate of drug-likeness (QED) is 0.0853. The van der Waals surface area contributed by atoms with Gasteiger partial charge in [0.2, 0.25) is 5.91 Å². The molecule has 5 aromatic rings. The number of amides is 3. The smallest absolute Gasteiger partial charge is 0.300 e. The molecule has 3 atom stereocenters. The molecule has 0 aromatic heterocycles. The van der Waals surface area contributed by atoms with Gasteiger partial charge in [-0.15, -0.1) is 0 Å². The normalized spacial score (nSPS) is 18.7. The predicted octanol–water partition coefficient (Wildman–Crippen LogP) is 5.34. The third kappa shape index (κ3) is 5.41. The number of fused-ring (bicyclic) bond motifs is 3. The van der Waals surface area contributed by atoms with Gasteiger partial charge in [0.25, 0.3) is 23.2 Å². The van der Waals surface area contributed by atoms with Gasteiger partial charge in [-0.2, -0.15) is 10.1 Å². The molecule has 17 nitrogen and oxygen atoms in total. The number of hydrogen-bond acceptors (Lipinski definition) is 12. The number of nitrogens with one attached hydrogen (secondary N) is 1. The average Bonchev–Trinajstić information content (AvgIpc) is 3.58. The van der Waals surface area contributed by atoms with Crippen LogP contribution >= 0.6 is 11.6 Å². The molecule has 256 valence electrons. The molecule has 7 rings (SSSR count). The fraction of sp³-hybridized carbons (Fsp3) is 0.121. The summed E-state index contributed by atoms with van der Waals surface area (Å²) in [6.07, 6.45) is -1.51. The number of nitro benzene ring substituents is 3. The molecule has 2 fully saturated rings. The molecule has 51 heavy (non-hydrogen) atoms. The van der Waals surface area contributed by atoms with Crippen molar-refractivity contribution in [3.8, 4) is 0 Å². The molecule has 18 heteroatoms. The standard InChI is InChI=1S/C33H22ClN7O10/c34-28-21-7-3-1-5-19(21)26(20-6-2-4-8-22(20)28)29-27-30(51-37(29)15-17-10-9-16(31(35)42)13-24(17)40(47)48)33(44)38(32(27)43)36-23-12-11-18(39(45)46)14-25(23)41(49)50/h1-14,27,29-30,36H,15H2,(H2,35,42). The van der Waals surface area contributed by atoms with Crippen LogP contribution in [0.4, 0.5) is 22.7 Å². The summed E-state index contributed by atoms with van der Waals surface area (Å²) < 4.78 is 0. The van der Waals surface area contributed by atoms with Gasteiger partial charge in [0.1, 0.15) is 5.69 Å². The number of halogens is 1. The van der Waals surface area contributed by atoms with Crippen LogP contribution in [0, 0.1) is 36.3 Å². The highest BCUT2D eigenvalue weighted by Gasteiger charge is 2.61. The van der Waals surface area contributed by atoms with Crippen LogP contribution in [0.3, 0.4) is 0 Å². The number of hydrogen-bond donors (Lipinski definition) is 2. The van der Waals surface area contributed by atoms with Crippen molar-refractivity contribution in [3.63, 3.8) is 0 Å². The van der Waals surface area contributed by atoms with Gasteiger partial charge in [0.05, 0.1) is 44.4 Å². The first-order valence-corrected chi connectivity index (χ1v) is 15.4. The molecule has 2 saturated heterocycles. The molecule has 2 aliphatic rings. The summed E-state index contributed by atoms with van der Waals surface area (Å²) in [5.74, 6) is -3.98. The lowest BCUT2D eigenvalue weighted by molar-refractivity contribution is -0.393. The van der Waals surface area contributed by atoms with E-state index in [9.17, 15) is 44.7 Å². The van der Waals surface area contributed by atoms with Crippen LogP contribution in [0.1, 0.15) is 27.5 Å². The molecule has 3 N–H and O–H groups in total. The summed E-state index contributed by atoms with van der Waals surface area (Å²) in [6, 6.07) is 19.4. The number of nitrogens with two attached hydrogens (primary N) is 1. The van der Waals surface area contributed by atoms with E-state index < -0.39 is 67.6 Å². The fourth-order valence-corrected chi connectivity index (χ4v) is 6.98. The number of hydrazine groups is 1. The number of imide groups is 1. The zero-order valence-electron chi connectivity index (χ0n) is 25.8. The van der Waals surface area contributed by atoms with Gasteiger partial charge in [0.15, 0.2) is 6.10 Å². The number of primary amides is 1. The van der Waals surface area contributed by atoms with E-state index in [0.29, 0.717) is 43.2 Å². The maximum absolute atomic E-state index is 14.3. The molecule has 3 amide bonds. The predicted molar refractivity (Wildman–Crippen MR) is 180 cm³/mol. The van der Waals surface area contributed by atoms with E-state index in [1.165, 1.54) is 17.2 Å². The highest BCUT2D eigenvalue weighted by atomic mass is 35.5. The third-order valence-corrected chi connectivity index (χ3v) is 9.32. The van der Waals surface area contributed by atoms with E-state index in [2.05, 4.69) is 5.43 Å². The number of hydroxylamine groups is 2. The second-order valence-corrected chi connectivity index (χ2v) is 12.1. The molecule has 0 saturated carbocycles. The van der Waals surface area contributed by atoms with Crippen LogP contribution in [0.2, 0.25) is 5.02 Å². The van der Waals surface area contributed by atoms with Gasteiger partial charge in [-0.05, 0) is 34.5 Å². The number of benzene rings is 5. The van der Waals surface area contributed by atoms with Crippen molar-refractivity contribution >= 4 is 73.6 Å². The summed E-state index contributed by atoms with van der Waals surface area (Å²) in [6.45, 7) is -0.333. The molecule has 0 spiro atoms. The lowest BCUT2D eigenvalue weighted by Gasteiger charge is -2.29. The van der Waals surface area contributed by atoms with Crippen LogP contribution in [-0.4, -0.2) is 48.7 Å². The van der Waals surface area contributed by atoms with E-state index in [1.54, 1.807) is 48.5 Å². The van der Waals surface area contributed by atoms with E-state index in [0.717, 1.165) is 18.2 Å². The zero-order chi connectivity index (χ0) is 36.3. The lowest BCUT2D eigenvalue weighted by atomic mass is 9.84. The minimum atomic E-state index is -1.51. The monoisotopic (exact) mass is 711 g/mol. The maximum atomic E-state index is 14.3. The van der Waals surface area contributed by atoms with Crippen molar-refractivity contribution in [3.05, 3.63) is 137 Å². The van der Waals surface area contributed by atoms with E-state index >= 15 is 0 Å². The van der Waals surface area contributed by atoms with E-state index in [-0.39, 0.29) is 23.4 Å². The molecule has 2 aliphatic heterocycles. The average molecular weight is 712 g/mol. The van der Waals surface area contributed by atoms with Crippen molar-refractivity contribution in [2.75, 3.05) is 5.43 Å². The second-order valence-electron chi connectivity index (χ2n) is 11.7. The molecule has 0 aliphatic carbocycles. The van der Waals surface area contributed by atoms with Crippen molar-refractivity contribution in [2.45, 2.75) is 18.7 Å². The summed E-state index contributed by atoms with van der Waals surface area (Å²) in [7, 11) is 0. The molecular formula is C33H22ClN7O10. The van der Waals surface area contributed by atoms with Gasteiger partial charge in [-0.1, -0.05) is 60.1 Å². The minimum Gasteiger partial charge on any atom is -0.366 e. The Kier molecular flexibility index (Phi) is 8.01. The van der Waals surface area contributed by atoms with Crippen LogP contribution in [0.25, 0.3) is 21.5 Å². The van der Waals surface area contributed by atoms with Gasteiger partial charge in [0, 0.05) is 34.0 Å². The van der Waals surface area contributed by atoms with Crippen molar-refractivity contribution in [1.29, 1.82) is 0 Å². The summed E-state index contributed by atoms with van der Waals surface area (Å²) in [4.78, 5) is 79.1. The van der Waals surface area contributed by atoms with Crippen molar-refractivity contribution in [1.82, 2.24) is 10.1 Å². The first kappa shape index (κ1) is 33.0. The molecule has 2 heterocycles. The minimum absolute atomic E-state index is 0.0777. The molecular weight excluding hydrogens is 690 g/mol. The Hall–Kier alpha value is -6.56. The summed E-state index contributed by atoms with van der Waals surface area (Å²) >= 11 is 6.87. The Balaban J connectivity index is 1.38. The molecule has 0 radical (unpaired) electrons. The lowest BCUT2D eigenvalue weighted by Crippen LogP contribution is -2.41. The van der Waals surface area contributed by atoms with Crippen LogP contribution in [-0.2, 0) is 21.0 Å². The third-order valence-electron chi connectivity index (χ3n) is 8.91. The number of non-ortho nitro benzene ring substituents is 1. The number of rotatable bonds is 9. The molecule has 3 unspecified atom stereocenters.